The number of hydrogen-bond donors (Lipinski definition) is 1. The van der Waals surface area contributed by atoms with E-state index in [1.165, 1.54) is 22.9 Å². The van der Waals surface area contributed by atoms with E-state index in [2.05, 4.69) is 41.7 Å². The molecule has 1 amide bonds. The highest BCUT2D eigenvalue weighted by Gasteiger charge is 2.25. The topological polar surface area (TPSA) is 69.7 Å². The fraction of sp³-hybridized carbons (Fsp3) is 0.321. The molecule has 4 rings (SSSR count). The summed E-state index contributed by atoms with van der Waals surface area (Å²) in [6.07, 6.45) is 0. The number of aryl methyl sites for hydroxylation is 4. The van der Waals surface area contributed by atoms with Gasteiger partial charge in [-0.05, 0) is 92.8 Å². The van der Waals surface area contributed by atoms with E-state index in [4.69, 9.17) is 0 Å². The quantitative estimate of drug-likeness (QED) is 0.546. The number of piperazine rings is 1. The highest BCUT2D eigenvalue weighted by atomic mass is 32.2. The summed E-state index contributed by atoms with van der Waals surface area (Å²) in [5.74, 6) is -0.145. The Kier molecular flexibility index (Phi) is 6.90. The molecular formula is C28H33N3O3S. The molecule has 1 aliphatic heterocycles. The molecule has 0 atom stereocenters. The Hall–Kier alpha value is -3.32. The molecule has 1 aliphatic rings. The average molecular weight is 492 g/mol. The van der Waals surface area contributed by atoms with Gasteiger partial charge in [0.2, 0.25) is 0 Å². The van der Waals surface area contributed by atoms with Crippen LogP contribution in [-0.2, 0) is 10.0 Å². The van der Waals surface area contributed by atoms with Gasteiger partial charge in [0.15, 0.2) is 0 Å². The number of sulfonamides is 1. The number of amides is 1. The van der Waals surface area contributed by atoms with Gasteiger partial charge >= 0.3 is 0 Å². The fourth-order valence-corrected chi connectivity index (χ4v) is 5.77. The molecule has 35 heavy (non-hydrogen) atoms. The van der Waals surface area contributed by atoms with Crippen molar-refractivity contribution in [1.29, 1.82) is 0 Å². The Morgan fingerprint density at radius 3 is 2.14 bits per heavy atom. The minimum atomic E-state index is -3.84. The molecular weight excluding hydrogens is 458 g/mol. The van der Waals surface area contributed by atoms with Gasteiger partial charge in [-0.15, -0.1) is 0 Å². The number of carbonyl (C=O) groups is 1. The van der Waals surface area contributed by atoms with Gasteiger partial charge in [0.25, 0.3) is 15.9 Å². The van der Waals surface area contributed by atoms with E-state index in [9.17, 15) is 13.2 Å². The molecule has 184 valence electrons. The predicted molar refractivity (Wildman–Crippen MR) is 142 cm³/mol. The van der Waals surface area contributed by atoms with Crippen molar-refractivity contribution in [2.75, 3.05) is 35.8 Å². The second-order valence-electron chi connectivity index (χ2n) is 9.38. The van der Waals surface area contributed by atoms with E-state index in [0.717, 1.165) is 24.2 Å². The van der Waals surface area contributed by atoms with Crippen molar-refractivity contribution in [3.63, 3.8) is 0 Å². The van der Waals surface area contributed by atoms with E-state index < -0.39 is 10.0 Å². The van der Waals surface area contributed by atoms with Crippen LogP contribution < -0.4 is 9.62 Å². The van der Waals surface area contributed by atoms with E-state index in [-0.39, 0.29) is 10.8 Å². The molecule has 1 N–H and O–H groups in total. The van der Waals surface area contributed by atoms with Crippen LogP contribution in [0.4, 0.5) is 11.4 Å². The predicted octanol–water partition coefficient (Wildman–Crippen LogP) is 4.99. The van der Waals surface area contributed by atoms with E-state index in [0.29, 0.717) is 29.9 Å². The summed E-state index contributed by atoms with van der Waals surface area (Å²) < 4.78 is 29.0. The van der Waals surface area contributed by atoms with Crippen molar-refractivity contribution in [3.8, 4) is 0 Å². The van der Waals surface area contributed by atoms with Crippen LogP contribution in [0.15, 0.2) is 59.5 Å². The Labute approximate surface area is 208 Å². The summed E-state index contributed by atoms with van der Waals surface area (Å²) in [7, 11) is -3.84. The lowest BCUT2D eigenvalue weighted by Crippen LogP contribution is -2.49. The molecule has 3 aromatic rings. The molecule has 0 radical (unpaired) electrons. The minimum absolute atomic E-state index is 0.121. The van der Waals surface area contributed by atoms with Crippen molar-refractivity contribution in [1.82, 2.24) is 4.90 Å². The van der Waals surface area contributed by atoms with Crippen LogP contribution >= 0.6 is 0 Å². The van der Waals surface area contributed by atoms with Crippen molar-refractivity contribution in [3.05, 3.63) is 88.0 Å². The van der Waals surface area contributed by atoms with Crippen LogP contribution in [0, 0.1) is 34.6 Å². The van der Waals surface area contributed by atoms with Gasteiger partial charge in [0.1, 0.15) is 0 Å². The average Bonchev–Trinajstić information content (AvgIpc) is 2.83. The maximum atomic E-state index is 13.3. The molecule has 0 unspecified atom stereocenters. The molecule has 0 spiro atoms. The second-order valence-corrected chi connectivity index (χ2v) is 11.0. The number of nitrogens with zero attached hydrogens (tertiary/aromatic N) is 2. The lowest BCUT2D eigenvalue weighted by molar-refractivity contribution is 0.0746. The number of hydrogen-bond acceptors (Lipinski definition) is 4. The van der Waals surface area contributed by atoms with Gasteiger partial charge in [-0.1, -0.05) is 24.3 Å². The molecule has 3 aromatic carbocycles. The van der Waals surface area contributed by atoms with Crippen LogP contribution in [0.2, 0.25) is 0 Å². The summed E-state index contributed by atoms with van der Waals surface area (Å²) in [5, 5.41) is 0. The van der Waals surface area contributed by atoms with E-state index in [1.807, 2.05) is 26.0 Å². The number of rotatable bonds is 5. The highest BCUT2D eigenvalue weighted by molar-refractivity contribution is 7.92. The SMILES string of the molecule is Cc1ccc(NS(=O)(=O)c2cc(C(=O)N3CCN(c4cccc(C)c4C)CC3)ccc2C)cc1C. The third kappa shape index (κ3) is 5.20. The number of anilines is 2. The summed E-state index contributed by atoms with van der Waals surface area (Å²) in [6, 6.07) is 16.7. The number of carbonyl (C=O) groups excluding carboxylic acids is 1. The maximum Gasteiger partial charge on any atom is 0.262 e. The zero-order chi connectivity index (χ0) is 25.3. The molecule has 6 nitrogen and oxygen atoms in total. The summed E-state index contributed by atoms with van der Waals surface area (Å²) in [6.45, 7) is 12.5. The third-order valence-electron chi connectivity index (χ3n) is 6.97. The maximum absolute atomic E-state index is 13.3. The largest absolute Gasteiger partial charge is 0.368 e. The zero-order valence-corrected chi connectivity index (χ0v) is 21.9. The van der Waals surface area contributed by atoms with Gasteiger partial charge < -0.3 is 9.80 Å². The first-order valence-corrected chi connectivity index (χ1v) is 13.4. The molecule has 1 heterocycles. The van der Waals surface area contributed by atoms with Crippen LogP contribution in [0.5, 0.6) is 0 Å². The van der Waals surface area contributed by atoms with Crippen LogP contribution in [0.3, 0.4) is 0 Å². The number of benzene rings is 3. The van der Waals surface area contributed by atoms with Crippen LogP contribution in [0.1, 0.15) is 38.2 Å². The molecule has 0 aliphatic carbocycles. The van der Waals surface area contributed by atoms with Gasteiger partial charge in [0, 0.05) is 43.1 Å². The van der Waals surface area contributed by atoms with Gasteiger partial charge in [0.05, 0.1) is 4.90 Å². The van der Waals surface area contributed by atoms with Crippen molar-refractivity contribution in [2.24, 2.45) is 0 Å². The fourth-order valence-electron chi connectivity index (χ4n) is 4.45. The zero-order valence-electron chi connectivity index (χ0n) is 21.1. The third-order valence-corrected chi connectivity index (χ3v) is 8.49. The molecule has 1 saturated heterocycles. The van der Waals surface area contributed by atoms with Crippen molar-refractivity contribution in [2.45, 2.75) is 39.5 Å². The van der Waals surface area contributed by atoms with Crippen LogP contribution in [-0.4, -0.2) is 45.4 Å². The monoisotopic (exact) mass is 491 g/mol. The molecule has 0 saturated carbocycles. The van der Waals surface area contributed by atoms with E-state index in [1.54, 1.807) is 30.0 Å². The lowest BCUT2D eigenvalue weighted by Gasteiger charge is -2.37. The van der Waals surface area contributed by atoms with Gasteiger partial charge in [-0.3, -0.25) is 9.52 Å². The van der Waals surface area contributed by atoms with Crippen molar-refractivity contribution >= 4 is 27.3 Å². The van der Waals surface area contributed by atoms with Crippen molar-refractivity contribution < 1.29 is 13.2 Å². The normalized spacial score (nSPS) is 14.2. The second kappa shape index (κ2) is 9.74. The van der Waals surface area contributed by atoms with E-state index >= 15 is 0 Å². The summed E-state index contributed by atoms with van der Waals surface area (Å²) >= 11 is 0. The summed E-state index contributed by atoms with van der Waals surface area (Å²) in [4.78, 5) is 17.5. The first-order chi connectivity index (χ1) is 16.6. The van der Waals surface area contributed by atoms with Gasteiger partial charge in [-0.25, -0.2) is 8.42 Å². The Bertz CT molecular complexity index is 1370. The standard InChI is InChI=1S/C28H33N3O3S/c1-19-10-12-25(17-22(19)4)29-35(33,34)27-18-24(11-9-21(27)3)28(32)31-15-13-30(14-16-31)26-8-6-7-20(2)23(26)5/h6-12,17-18,29H,13-16H2,1-5H3. The molecule has 7 heteroatoms. The first kappa shape index (κ1) is 24.8. The molecule has 0 aromatic heterocycles. The first-order valence-electron chi connectivity index (χ1n) is 11.9. The summed E-state index contributed by atoms with van der Waals surface area (Å²) in [5.41, 5.74) is 7.31. The lowest BCUT2D eigenvalue weighted by atomic mass is 10.1. The van der Waals surface area contributed by atoms with Gasteiger partial charge in [-0.2, -0.15) is 0 Å². The van der Waals surface area contributed by atoms with Crippen LogP contribution in [0.25, 0.3) is 0 Å². The highest BCUT2D eigenvalue weighted by Crippen LogP contribution is 2.26. The molecule has 1 fully saturated rings. The molecule has 0 bridgehead atoms. The smallest absolute Gasteiger partial charge is 0.262 e. The Morgan fingerprint density at radius 1 is 0.771 bits per heavy atom. The number of nitrogens with one attached hydrogen (secondary N) is 1. The Balaban J connectivity index is 1.50. The Morgan fingerprint density at radius 2 is 1.46 bits per heavy atom. The minimum Gasteiger partial charge on any atom is -0.368 e.